The summed E-state index contributed by atoms with van der Waals surface area (Å²) in [5.74, 6) is -0.103. The van der Waals surface area contributed by atoms with Crippen molar-refractivity contribution in [2.24, 2.45) is 0 Å². The number of para-hydroxylation sites is 2. The van der Waals surface area contributed by atoms with Crippen LogP contribution in [0.15, 0.2) is 48.5 Å². The summed E-state index contributed by atoms with van der Waals surface area (Å²) < 4.78 is 5.15. The van der Waals surface area contributed by atoms with Crippen LogP contribution in [0.3, 0.4) is 0 Å². The Morgan fingerprint density at radius 1 is 1.21 bits per heavy atom. The zero-order chi connectivity index (χ0) is 20.3. The normalized spacial score (nSPS) is 15.9. The van der Waals surface area contributed by atoms with E-state index < -0.39 is 0 Å². The first-order valence-electron chi connectivity index (χ1n) is 9.01. The summed E-state index contributed by atoms with van der Waals surface area (Å²) in [6.07, 6.45) is 0.188. The number of likely N-dealkylation sites (N-methyl/N-ethyl adjacent to an activating group) is 1. The maximum atomic E-state index is 13.1. The van der Waals surface area contributed by atoms with E-state index >= 15 is 0 Å². The smallest absolute Gasteiger partial charge is 0.254 e. The zero-order valence-electron chi connectivity index (χ0n) is 16.1. The predicted molar refractivity (Wildman–Crippen MR) is 107 cm³/mol. The highest BCUT2D eigenvalue weighted by atomic mass is 16.5. The van der Waals surface area contributed by atoms with Crippen molar-refractivity contribution >= 4 is 29.1 Å². The molecule has 0 saturated heterocycles. The lowest BCUT2D eigenvalue weighted by molar-refractivity contribution is -0.119. The summed E-state index contributed by atoms with van der Waals surface area (Å²) in [7, 11) is 3.11. The molecule has 146 valence electrons. The molecule has 0 aromatic heterocycles. The number of fused-ring (bicyclic) bond motifs is 1. The molecule has 1 heterocycles. The molecule has 1 aliphatic rings. The van der Waals surface area contributed by atoms with Gasteiger partial charge in [-0.1, -0.05) is 18.2 Å². The molecule has 0 saturated carbocycles. The molecular weight excluding hydrogens is 358 g/mol. The second-order valence-electron chi connectivity index (χ2n) is 6.78. The molecule has 2 aromatic carbocycles. The Bertz CT molecular complexity index is 912. The fraction of sp³-hybridized carbons (Fsp3) is 0.286. The van der Waals surface area contributed by atoms with Crippen molar-refractivity contribution in [3.8, 4) is 5.75 Å². The summed E-state index contributed by atoms with van der Waals surface area (Å²) in [5, 5.41) is 2.82. The van der Waals surface area contributed by atoms with E-state index in [9.17, 15) is 14.4 Å². The third kappa shape index (κ3) is 3.98. The van der Waals surface area contributed by atoms with Crippen LogP contribution in [-0.2, 0) is 9.59 Å². The van der Waals surface area contributed by atoms with Gasteiger partial charge in [0.1, 0.15) is 12.3 Å². The van der Waals surface area contributed by atoms with Gasteiger partial charge in [-0.2, -0.15) is 0 Å². The molecular formula is C21H23N3O4. The Labute approximate surface area is 163 Å². The van der Waals surface area contributed by atoms with Crippen LogP contribution in [0.25, 0.3) is 0 Å². The summed E-state index contributed by atoms with van der Waals surface area (Å²) >= 11 is 0. The van der Waals surface area contributed by atoms with Crippen molar-refractivity contribution in [1.29, 1.82) is 0 Å². The Morgan fingerprint density at radius 2 is 1.96 bits per heavy atom. The second kappa shape index (κ2) is 8.12. The molecule has 0 spiro atoms. The maximum absolute atomic E-state index is 13.1. The molecule has 0 bridgehead atoms. The number of nitrogens with zero attached hydrogens (tertiary/aromatic N) is 2. The average molecular weight is 381 g/mol. The van der Waals surface area contributed by atoms with E-state index in [0.29, 0.717) is 22.7 Å². The van der Waals surface area contributed by atoms with Crippen molar-refractivity contribution in [3.05, 3.63) is 54.1 Å². The molecule has 1 aliphatic heterocycles. The number of hydrogen-bond acceptors (Lipinski definition) is 4. The van der Waals surface area contributed by atoms with E-state index in [2.05, 4.69) is 5.32 Å². The molecule has 0 unspecified atom stereocenters. The van der Waals surface area contributed by atoms with Crippen molar-refractivity contribution in [1.82, 2.24) is 4.90 Å². The van der Waals surface area contributed by atoms with Gasteiger partial charge in [0.05, 0.1) is 18.5 Å². The Hall–Kier alpha value is -3.35. The van der Waals surface area contributed by atoms with Gasteiger partial charge in [-0.05, 0) is 37.3 Å². The molecule has 7 nitrogen and oxygen atoms in total. The monoisotopic (exact) mass is 381 g/mol. The molecule has 1 atom stereocenters. The van der Waals surface area contributed by atoms with Crippen LogP contribution in [0.2, 0.25) is 0 Å². The topological polar surface area (TPSA) is 79.0 Å². The second-order valence-corrected chi connectivity index (χ2v) is 6.78. The number of hydrogen-bond donors (Lipinski definition) is 1. The molecule has 7 heteroatoms. The summed E-state index contributed by atoms with van der Waals surface area (Å²) in [6.45, 7) is 1.71. The number of nitrogens with one attached hydrogen (secondary N) is 1. The van der Waals surface area contributed by atoms with Gasteiger partial charge < -0.3 is 19.9 Å². The lowest BCUT2D eigenvalue weighted by Crippen LogP contribution is -2.45. The van der Waals surface area contributed by atoms with Crippen LogP contribution in [0.5, 0.6) is 5.75 Å². The molecule has 3 rings (SSSR count). The first-order valence-corrected chi connectivity index (χ1v) is 9.01. The third-order valence-corrected chi connectivity index (χ3v) is 4.66. The predicted octanol–water partition coefficient (Wildman–Crippen LogP) is 2.53. The summed E-state index contributed by atoms with van der Waals surface area (Å²) in [5.41, 5.74) is 1.66. The van der Waals surface area contributed by atoms with E-state index in [0.717, 1.165) is 0 Å². The van der Waals surface area contributed by atoms with Gasteiger partial charge >= 0.3 is 0 Å². The highest BCUT2D eigenvalue weighted by Crippen LogP contribution is 2.31. The van der Waals surface area contributed by atoms with E-state index in [4.69, 9.17) is 4.74 Å². The van der Waals surface area contributed by atoms with Crippen molar-refractivity contribution in [2.75, 3.05) is 30.9 Å². The largest absolute Gasteiger partial charge is 0.497 e. The Balaban J connectivity index is 1.81. The van der Waals surface area contributed by atoms with Crippen molar-refractivity contribution < 1.29 is 19.1 Å². The SMILES string of the molecule is COc1cccc(C(=O)N(C)CC(=O)N2c3ccccc3NC(=O)C[C@@H]2C)c1. The van der Waals surface area contributed by atoms with Crippen LogP contribution in [0.4, 0.5) is 11.4 Å². The molecule has 28 heavy (non-hydrogen) atoms. The third-order valence-electron chi connectivity index (χ3n) is 4.66. The van der Waals surface area contributed by atoms with Crippen LogP contribution < -0.4 is 15.0 Å². The Kier molecular flexibility index (Phi) is 5.63. The molecule has 1 N–H and O–H groups in total. The van der Waals surface area contributed by atoms with Gasteiger partial charge in [0.15, 0.2) is 0 Å². The number of carbonyl (C=O) groups excluding carboxylic acids is 3. The quantitative estimate of drug-likeness (QED) is 0.883. The zero-order valence-corrected chi connectivity index (χ0v) is 16.1. The number of methoxy groups -OCH3 is 1. The number of rotatable bonds is 4. The van der Waals surface area contributed by atoms with E-state index in [1.54, 1.807) is 54.4 Å². The minimum Gasteiger partial charge on any atom is -0.497 e. The molecule has 0 fully saturated rings. The molecule has 2 aromatic rings. The van der Waals surface area contributed by atoms with E-state index in [1.165, 1.54) is 12.0 Å². The summed E-state index contributed by atoms with van der Waals surface area (Å²) in [4.78, 5) is 40.8. The van der Waals surface area contributed by atoms with E-state index in [1.807, 2.05) is 13.0 Å². The van der Waals surface area contributed by atoms with Gasteiger partial charge in [0.2, 0.25) is 11.8 Å². The standard InChI is InChI=1S/C21H23N3O4/c1-14-11-19(25)22-17-9-4-5-10-18(17)24(14)20(26)13-23(2)21(27)15-7-6-8-16(12-15)28-3/h4-10,12,14H,11,13H2,1-3H3,(H,22,25)/t14-/m0/s1. The van der Waals surface area contributed by atoms with Gasteiger partial charge in [-0.15, -0.1) is 0 Å². The fourth-order valence-corrected chi connectivity index (χ4v) is 3.30. The first-order chi connectivity index (χ1) is 13.4. The average Bonchev–Trinajstić information content (AvgIpc) is 2.81. The lowest BCUT2D eigenvalue weighted by atomic mass is 10.1. The number of carbonyl (C=O) groups is 3. The number of anilines is 2. The van der Waals surface area contributed by atoms with Crippen LogP contribution in [-0.4, -0.2) is 49.4 Å². The van der Waals surface area contributed by atoms with Gasteiger partial charge in [-0.3, -0.25) is 14.4 Å². The minimum atomic E-state index is -0.323. The van der Waals surface area contributed by atoms with Gasteiger partial charge in [0, 0.05) is 25.1 Å². The minimum absolute atomic E-state index is 0.108. The van der Waals surface area contributed by atoms with E-state index in [-0.39, 0.29) is 36.7 Å². The number of amides is 3. The number of benzene rings is 2. The highest BCUT2D eigenvalue weighted by Gasteiger charge is 2.30. The molecule has 0 radical (unpaired) electrons. The van der Waals surface area contributed by atoms with Crippen molar-refractivity contribution in [3.63, 3.8) is 0 Å². The first kappa shape index (κ1) is 19.4. The Morgan fingerprint density at radius 3 is 2.71 bits per heavy atom. The fourth-order valence-electron chi connectivity index (χ4n) is 3.30. The van der Waals surface area contributed by atoms with Crippen LogP contribution in [0.1, 0.15) is 23.7 Å². The number of ether oxygens (including phenoxy) is 1. The molecule has 3 amide bonds. The van der Waals surface area contributed by atoms with Crippen molar-refractivity contribution in [2.45, 2.75) is 19.4 Å². The highest BCUT2D eigenvalue weighted by molar-refractivity contribution is 6.06. The van der Waals surface area contributed by atoms with Gasteiger partial charge in [0.25, 0.3) is 5.91 Å². The molecule has 0 aliphatic carbocycles. The van der Waals surface area contributed by atoms with Crippen LogP contribution >= 0.6 is 0 Å². The van der Waals surface area contributed by atoms with Gasteiger partial charge in [-0.25, -0.2) is 0 Å². The lowest BCUT2D eigenvalue weighted by Gasteiger charge is -2.29. The summed E-state index contributed by atoms with van der Waals surface area (Å²) in [6, 6.07) is 13.6. The maximum Gasteiger partial charge on any atom is 0.254 e. The van der Waals surface area contributed by atoms with Crippen LogP contribution in [0, 0.1) is 0 Å².